The maximum atomic E-state index is 12.6. The number of H-pyrrole nitrogens is 1. The van der Waals surface area contributed by atoms with Gasteiger partial charge in [-0.05, 0) is 25.0 Å². The van der Waals surface area contributed by atoms with Gasteiger partial charge in [-0.1, -0.05) is 61.9 Å². The summed E-state index contributed by atoms with van der Waals surface area (Å²) in [4.78, 5) is 37.1. The van der Waals surface area contributed by atoms with Crippen LogP contribution < -0.4 is 10.9 Å². The van der Waals surface area contributed by atoms with Gasteiger partial charge in [-0.25, -0.2) is 9.89 Å². The summed E-state index contributed by atoms with van der Waals surface area (Å²) in [5.74, 6) is -1.17. The molecule has 3 aromatic rings. The molecule has 0 fully saturated rings. The molecule has 1 amide bonds. The number of hydrogen-bond acceptors (Lipinski definition) is 5. The monoisotopic (exact) mass is 393 g/mol. The summed E-state index contributed by atoms with van der Waals surface area (Å²) in [7, 11) is 0. The Balaban J connectivity index is 1.73. The SMILES string of the molecule is CCC[C@@H](NC(=O)[C@H](C)OC(=O)c1n[nH]c(=O)c2ccccc12)c1ccccc1. The highest BCUT2D eigenvalue weighted by atomic mass is 16.5. The van der Waals surface area contributed by atoms with Crippen LogP contribution in [0.1, 0.15) is 48.8 Å². The van der Waals surface area contributed by atoms with E-state index in [1.54, 1.807) is 24.3 Å². The molecule has 2 atom stereocenters. The number of rotatable bonds is 7. The van der Waals surface area contributed by atoms with E-state index in [1.165, 1.54) is 6.92 Å². The highest BCUT2D eigenvalue weighted by molar-refractivity contribution is 6.02. The zero-order chi connectivity index (χ0) is 20.8. The molecule has 0 radical (unpaired) electrons. The molecule has 2 aromatic carbocycles. The molecule has 0 saturated carbocycles. The number of benzene rings is 2. The lowest BCUT2D eigenvalue weighted by Gasteiger charge is -2.21. The fraction of sp³-hybridized carbons (Fsp3) is 0.273. The van der Waals surface area contributed by atoms with E-state index in [-0.39, 0.29) is 11.7 Å². The first-order chi connectivity index (χ1) is 14.0. The van der Waals surface area contributed by atoms with E-state index >= 15 is 0 Å². The predicted molar refractivity (Wildman–Crippen MR) is 109 cm³/mol. The second-order valence-electron chi connectivity index (χ2n) is 6.75. The Morgan fingerprint density at radius 2 is 1.72 bits per heavy atom. The van der Waals surface area contributed by atoms with Crippen molar-refractivity contribution in [2.75, 3.05) is 0 Å². The molecule has 1 heterocycles. The van der Waals surface area contributed by atoms with Crippen molar-refractivity contribution in [1.82, 2.24) is 15.5 Å². The molecule has 0 aliphatic carbocycles. The molecule has 0 aliphatic rings. The van der Waals surface area contributed by atoms with Crippen molar-refractivity contribution in [3.8, 4) is 0 Å². The summed E-state index contributed by atoms with van der Waals surface area (Å²) in [5, 5.41) is 9.75. The van der Waals surface area contributed by atoms with E-state index in [0.29, 0.717) is 10.8 Å². The number of aromatic amines is 1. The van der Waals surface area contributed by atoms with E-state index in [2.05, 4.69) is 15.5 Å². The van der Waals surface area contributed by atoms with Crippen molar-refractivity contribution in [2.45, 2.75) is 38.8 Å². The molecule has 29 heavy (non-hydrogen) atoms. The molecular weight excluding hydrogens is 370 g/mol. The van der Waals surface area contributed by atoms with Crippen LogP contribution in [0.15, 0.2) is 59.4 Å². The zero-order valence-corrected chi connectivity index (χ0v) is 16.3. The summed E-state index contributed by atoms with van der Waals surface area (Å²) in [5.41, 5.74) is 0.566. The number of esters is 1. The third-order valence-electron chi connectivity index (χ3n) is 4.64. The Bertz CT molecular complexity index is 1060. The molecule has 7 heteroatoms. The molecular formula is C22H23N3O4. The molecule has 7 nitrogen and oxygen atoms in total. The molecule has 0 bridgehead atoms. The van der Waals surface area contributed by atoms with Gasteiger partial charge >= 0.3 is 5.97 Å². The first-order valence-electron chi connectivity index (χ1n) is 9.55. The quantitative estimate of drug-likeness (QED) is 0.601. The van der Waals surface area contributed by atoms with Gasteiger partial charge in [0.2, 0.25) is 0 Å². The Labute approximate surface area is 168 Å². The van der Waals surface area contributed by atoms with E-state index < -0.39 is 23.5 Å². The average molecular weight is 393 g/mol. The van der Waals surface area contributed by atoms with Crippen molar-refractivity contribution >= 4 is 22.6 Å². The van der Waals surface area contributed by atoms with Crippen LogP contribution in [0.5, 0.6) is 0 Å². The van der Waals surface area contributed by atoms with Gasteiger partial charge in [0, 0.05) is 5.39 Å². The summed E-state index contributed by atoms with van der Waals surface area (Å²) >= 11 is 0. The Hall–Kier alpha value is -3.48. The third-order valence-corrected chi connectivity index (χ3v) is 4.64. The average Bonchev–Trinajstić information content (AvgIpc) is 2.74. The van der Waals surface area contributed by atoms with Crippen molar-refractivity contribution in [3.63, 3.8) is 0 Å². The molecule has 0 saturated heterocycles. The van der Waals surface area contributed by atoms with Crippen molar-refractivity contribution in [2.24, 2.45) is 0 Å². The van der Waals surface area contributed by atoms with Gasteiger partial charge in [0.1, 0.15) is 0 Å². The van der Waals surface area contributed by atoms with E-state index in [4.69, 9.17) is 4.74 Å². The Morgan fingerprint density at radius 3 is 2.41 bits per heavy atom. The van der Waals surface area contributed by atoms with Gasteiger partial charge in [-0.15, -0.1) is 0 Å². The molecule has 150 valence electrons. The minimum absolute atomic E-state index is 0.0342. The summed E-state index contributed by atoms with van der Waals surface area (Å²) in [6.45, 7) is 3.55. The molecule has 0 aliphatic heterocycles. The maximum absolute atomic E-state index is 12.6. The van der Waals surface area contributed by atoms with Gasteiger partial charge in [-0.3, -0.25) is 9.59 Å². The first kappa shape index (κ1) is 20.3. The van der Waals surface area contributed by atoms with Crippen LogP contribution in [0, 0.1) is 0 Å². The number of ether oxygens (including phenoxy) is 1. The summed E-state index contributed by atoms with van der Waals surface area (Å²) < 4.78 is 5.33. The topological polar surface area (TPSA) is 101 Å². The van der Waals surface area contributed by atoms with E-state index in [9.17, 15) is 14.4 Å². The van der Waals surface area contributed by atoms with E-state index in [0.717, 1.165) is 18.4 Å². The fourth-order valence-corrected chi connectivity index (χ4v) is 3.13. The Morgan fingerprint density at radius 1 is 1.07 bits per heavy atom. The molecule has 0 spiro atoms. The van der Waals surface area contributed by atoms with Gasteiger partial charge in [0.15, 0.2) is 11.8 Å². The van der Waals surface area contributed by atoms with Gasteiger partial charge in [0.05, 0.1) is 11.4 Å². The highest BCUT2D eigenvalue weighted by Crippen LogP contribution is 2.19. The number of carbonyl (C=O) groups is 2. The van der Waals surface area contributed by atoms with Crippen molar-refractivity contribution in [3.05, 3.63) is 76.2 Å². The van der Waals surface area contributed by atoms with Gasteiger partial charge < -0.3 is 10.1 Å². The summed E-state index contributed by atoms with van der Waals surface area (Å²) in [6, 6.07) is 16.1. The van der Waals surface area contributed by atoms with Crippen LogP contribution in [0.25, 0.3) is 10.8 Å². The molecule has 1 aromatic heterocycles. The third kappa shape index (κ3) is 4.68. The van der Waals surface area contributed by atoms with Gasteiger partial charge in [0.25, 0.3) is 11.5 Å². The maximum Gasteiger partial charge on any atom is 0.360 e. The van der Waals surface area contributed by atoms with Crippen LogP contribution in [-0.2, 0) is 9.53 Å². The van der Waals surface area contributed by atoms with Crippen molar-refractivity contribution < 1.29 is 14.3 Å². The van der Waals surface area contributed by atoms with Crippen LogP contribution >= 0.6 is 0 Å². The standard InChI is InChI=1S/C22H23N3O4/c1-3-9-18(15-10-5-4-6-11-15)23-20(26)14(2)29-22(28)19-16-12-7-8-13-17(16)21(27)25-24-19/h4-8,10-14,18H,3,9H2,1-2H3,(H,23,26)(H,25,27)/t14-,18+/m0/s1. The lowest BCUT2D eigenvalue weighted by molar-refractivity contribution is -0.129. The van der Waals surface area contributed by atoms with Crippen LogP contribution in [0.3, 0.4) is 0 Å². The number of aromatic nitrogens is 2. The number of nitrogens with one attached hydrogen (secondary N) is 2. The largest absolute Gasteiger partial charge is 0.448 e. The number of hydrogen-bond donors (Lipinski definition) is 2. The normalized spacial score (nSPS) is 12.9. The van der Waals surface area contributed by atoms with Crippen LogP contribution in [0.4, 0.5) is 0 Å². The number of carbonyl (C=O) groups excluding carboxylic acids is 2. The molecule has 0 unspecified atom stereocenters. The minimum Gasteiger partial charge on any atom is -0.448 e. The summed E-state index contributed by atoms with van der Waals surface area (Å²) in [6.07, 6.45) is 0.641. The molecule has 2 N–H and O–H groups in total. The van der Waals surface area contributed by atoms with Crippen molar-refractivity contribution in [1.29, 1.82) is 0 Å². The Kier molecular flexibility index (Phi) is 6.39. The van der Waals surface area contributed by atoms with Crippen LogP contribution in [0.2, 0.25) is 0 Å². The smallest absolute Gasteiger partial charge is 0.360 e. The van der Waals surface area contributed by atoms with Crippen LogP contribution in [-0.4, -0.2) is 28.2 Å². The number of fused-ring (bicyclic) bond motifs is 1. The first-order valence-corrected chi connectivity index (χ1v) is 9.55. The lowest BCUT2D eigenvalue weighted by atomic mass is 10.0. The minimum atomic E-state index is -1.02. The highest BCUT2D eigenvalue weighted by Gasteiger charge is 2.24. The van der Waals surface area contributed by atoms with E-state index in [1.807, 2.05) is 37.3 Å². The lowest BCUT2D eigenvalue weighted by Crippen LogP contribution is -2.38. The number of amides is 1. The zero-order valence-electron chi connectivity index (χ0n) is 16.3. The number of nitrogens with zero attached hydrogens (tertiary/aromatic N) is 1. The molecule has 3 rings (SSSR count). The second kappa shape index (κ2) is 9.14. The second-order valence-corrected chi connectivity index (χ2v) is 6.75. The fourth-order valence-electron chi connectivity index (χ4n) is 3.13. The van der Waals surface area contributed by atoms with Gasteiger partial charge in [-0.2, -0.15) is 5.10 Å². The predicted octanol–water partition coefficient (Wildman–Crippen LogP) is 3.13.